The first-order chi connectivity index (χ1) is 7.77. The van der Waals surface area contributed by atoms with E-state index in [0.717, 1.165) is 5.69 Å². The van der Waals surface area contributed by atoms with Crippen LogP contribution in [0.4, 0.5) is 0 Å². The van der Waals surface area contributed by atoms with Crippen LogP contribution in [0.25, 0.3) is 0 Å². The summed E-state index contributed by atoms with van der Waals surface area (Å²) < 4.78 is 1.86. The summed E-state index contributed by atoms with van der Waals surface area (Å²) in [6, 6.07) is 4.39. The second-order valence-corrected chi connectivity index (χ2v) is 3.33. The van der Waals surface area contributed by atoms with E-state index in [4.69, 9.17) is 0 Å². The summed E-state index contributed by atoms with van der Waals surface area (Å²) in [5.74, 6) is -0.163. The molecule has 1 amide bonds. The van der Waals surface area contributed by atoms with E-state index in [1.807, 2.05) is 11.6 Å². The van der Waals surface area contributed by atoms with Crippen molar-refractivity contribution in [3.63, 3.8) is 0 Å². The fraction of sp³-hybridized carbons (Fsp3) is 0.182. The third-order valence-corrected chi connectivity index (χ3v) is 2.21. The average Bonchev–Trinajstić information content (AvgIpc) is 2.73. The molecule has 81 valence electrons. The Kier molecular flexibility index (Phi) is 2.95. The molecule has 2 aromatic heterocycles. The van der Waals surface area contributed by atoms with Gasteiger partial charge in [-0.2, -0.15) is 0 Å². The smallest absolute Gasteiger partial charge is 0.252 e. The van der Waals surface area contributed by atoms with E-state index in [1.54, 1.807) is 24.8 Å². The zero-order valence-electron chi connectivity index (χ0n) is 8.84. The predicted octanol–water partition coefficient (Wildman–Crippen LogP) is 0.545. The normalized spacial score (nSPS) is 10.1. The van der Waals surface area contributed by atoms with Crippen molar-refractivity contribution in [1.29, 1.82) is 0 Å². The van der Waals surface area contributed by atoms with E-state index in [2.05, 4.69) is 21.4 Å². The number of carbonyl (C=O) groups excluding carboxylic acids is 1. The summed E-state index contributed by atoms with van der Waals surface area (Å²) in [5.41, 5.74) is 1.43. The van der Waals surface area contributed by atoms with Crippen LogP contribution in [0.15, 0.2) is 31.0 Å². The first-order valence-electron chi connectivity index (χ1n) is 4.82. The van der Waals surface area contributed by atoms with Crippen LogP contribution >= 0.6 is 0 Å². The fourth-order valence-corrected chi connectivity index (χ4v) is 1.28. The van der Waals surface area contributed by atoms with Crippen LogP contribution in [0, 0.1) is 6.07 Å². The van der Waals surface area contributed by atoms with Crippen LogP contribution in [0.5, 0.6) is 0 Å². The van der Waals surface area contributed by atoms with Crippen LogP contribution in [0.3, 0.4) is 0 Å². The van der Waals surface area contributed by atoms with Crippen molar-refractivity contribution in [2.75, 3.05) is 0 Å². The van der Waals surface area contributed by atoms with Gasteiger partial charge in [-0.25, -0.2) is 4.98 Å². The largest absolute Gasteiger partial charge is 0.346 e. The molecule has 2 aromatic rings. The highest BCUT2D eigenvalue weighted by Gasteiger charge is 2.05. The number of nitrogens with one attached hydrogen (secondary N) is 1. The van der Waals surface area contributed by atoms with Gasteiger partial charge >= 0.3 is 0 Å². The number of nitrogens with zero attached hydrogens (tertiary/aromatic N) is 3. The SMILES string of the molecule is Cn1cncc1CNC(=O)c1[c]cncc1. The Hall–Kier alpha value is -2.17. The van der Waals surface area contributed by atoms with Crippen molar-refractivity contribution in [2.24, 2.45) is 7.05 Å². The highest BCUT2D eigenvalue weighted by molar-refractivity contribution is 5.93. The maximum absolute atomic E-state index is 11.7. The second kappa shape index (κ2) is 4.57. The van der Waals surface area contributed by atoms with Crippen molar-refractivity contribution in [3.05, 3.63) is 48.3 Å². The van der Waals surface area contributed by atoms with Crippen LogP contribution in [0.1, 0.15) is 16.1 Å². The number of imidazole rings is 1. The third-order valence-electron chi connectivity index (χ3n) is 2.21. The maximum Gasteiger partial charge on any atom is 0.252 e. The summed E-state index contributed by atoms with van der Waals surface area (Å²) in [7, 11) is 1.88. The Morgan fingerprint density at radius 3 is 3.06 bits per heavy atom. The molecule has 0 aromatic carbocycles. The Morgan fingerprint density at radius 1 is 1.56 bits per heavy atom. The Bertz CT molecular complexity index is 478. The number of carbonyl (C=O) groups is 1. The van der Waals surface area contributed by atoms with Gasteiger partial charge in [-0.3, -0.25) is 9.78 Å². The van der Waals surface area contributed by atoms with Gasteiger partial charge in [0.2, 0.25) is 0 Å². The number of rotatable bonds is 3. The minimum Gasteiger partial charge on any atom is -0.346 e. The molecule has 0 bridgehead atoms. The van der Waals surface area contributed by atoms with E-state index < -0.39 is 0 Å². The highest BCUT2D eigenvalue weighted by atomic mass is 16.1. The average molecular weight is 215 g/mol. The van der Waals surface area contributed by atoms with Gasteiger partial charge in [0.1, 0.15) is 0 Å². The summed E-state index contributed by atoms with van der Waals surface area (Å²) in [5, 5.41) is 2.78. The highest BCUT2D eigenvalue weighted by Crippen LogP contribution is 1.98. The molecule has 0 saturated carbocycles. The zero-order chi connectivity index (χ0) is 11.4. The molecule has 0 fully saturated rings. The fourth-order valence-electron chi connectivity index (χ4n) is 1.28. The lowest BCUT2D eigenvalue weighted by Crippen LogP contribution is -2.23. The van der Waals surface area contributed by atoms with Crippen LogP contribution in [0.2, 0.25) is 0 Å². The molecule has 0 spiro atoms. The number of amides is 1. The van der Waals surface area contributed by atoms with Gasteiger partial charge < -0.3 is 9.88 Å². The Morgan fingerprint density at radius 2 is 2.44 bits per heavy atom. The first kappa shape index (κ1) is 10.4. The standard InChI is InChI=1S/C11H11N4O/c1-15-8-13-6-10(15)7-14-11(16)9-2-4-12-5-3-9/h2,4-6,8H,7H2,1H3,(H,14,16). The number of pyridine rings is 1. The molecule has 0 saturated heterocycles. The zero-order valence-corrected chi connectivity index (χ0v) is 8.84. The van der Waals surface area contributed by atoms with Gasteiger partial charge in [0, 0.05) is 31.7 Å². The van der Waals surface area contributed by atoms with E-state index >= 15 is 0 Å². The number of hydrogen-bond acceptors (Lipinski definition) is 3. The molecule has 0 aliphatic heterocycles. The monoisotopic (exact) mass is 215 g/mol. The molecule has 0 aliphatic rings. The quantitative estimate of drug-likeness (QED) is 0.813. The predicted molar refractivity (Wildman–Crippen MR) is 57.5 cm³/mol. The molecule has 1 N–H and O–H groups in total. The van der Waals surface area contributed by atoms with Gasteiger partial charge in [-0.15, -0.1) is 0 Å². The van der Waals surface area contributed by atoms with E-state index in [-0.39, 0.29) is 5.91 Å². The van der Waals surface area contributed by atoms with E-state index in [9.17, 15) is 4.79 Å². The molecule has 5 nitrogen and oxygen atoms in total. The topological polar surface area (TPSA) is 59.8 Å². The molecule has 2 heterocycles. The third kappa shape index (κ3) is 2.25. The lowest BCUT2D eigenvalue weighted by molar-refractivity contribution is 0.0950. The molecule has 16 heavy (non-hydrogen) atoms. The molecule has 1 radical (unpaired) electrons. The van der Waals surface area contributed by atoms with Gasteiger partial charge in [-0.1, -0.05) is 0 Å². The van der Waals surface area contributed by atoms with Crippen LogP contribution in [-0.2, 0) is 13.6 Å². The summed E-state index contributed by atoms with van der Waals surface area (Å²) in [6.45, 7) is 0.450. The van der Waals surface area contributed by atoms with Gasteiger partial charge in [0.05, 0.1) is 24.1 Å². The van der Waals surface area contributed by atoms with Crippen molar-refractivity contribution < 1.29 is 4.79 Å². The van der Waals surface area contributed by atoms with Crippen LogP contribution in [-0.4, -0.2) is 20.4 Å². The number of aryl methyl sites for hydroxylation is 1. The van der Waals surface area contributed by atoms with E-state index in [0.29, 0.717) is 12.1 Å². The minimum absolute atomic E-state index is 0.163. The molecule has 0 atom stereocenters. The molecule has 2 rings (SSSR count). The second-order valence-electron chi connectivity index (χ2n) is 3.33. The lowest BCUT2D eigenvalue weighted by atomic mass is 10.2. The summed E-state index contributed by atoms with van der Waals surface area (Å²) in [6.07, 6.45) is 6.45. The van der Waals surface area contributed by atoms with Gasteiger partial charge in [0.15, 0.2) is 0 Å². The lowest BCUT2D eigenvalue weighted by Gasteiger charge is -2.04. The molecular formula is C11H11N4O. The van der Waals surface area contributed by atoms with E-state index in [1.165, 1.54) is 6.20 Å². The van der Waals surface area contributed by atoms with Crippen molar-refractivity contribution in [2.45, 2.75) is 6.54 Å². The first-order valence-corrected chi connectivity index (χ1v) is 4.82. The Balaban J connectivity index is 1.97. The Labute approximate surface area is 93.2 Å². The summed E-state index contributed by atoms with van der Waals surface area (Å²) in [4.78, 5) is 19.4. The van der Waals surface area contributed by atoms with Gasteiger partial charge in [0.25, 0.3) is 5.91 Å². The maximum atomic E-state index is 11.7. The summed E-state index contributed by atoms with van der Waals surface area (Å²) >= 11 is 0. The number of hydrogen-bond donors (Lipinski definition) is 1. The van der Waals surface area contributed by atoms with Crippen molar-refractivity contribution >= 4 is 5.91 Å². The molecule has 0 aliphatic carbocycles. The molecule has 5 heteroatoms. The molecule has 0 unspecified atom stereocenters. The van der Waals surface area contributed by atoms with Crippen LogP contribution < -0.4 is 5.32 Å². The minimum atomic E-state index is -0.163. The molecular weight excluding hydrogens is 204 g/mol. The van der Waals surface area contributed by atoms with Crippen molar-refractivity contribution in [1.82, 2.24) is 19.9 Å². The van der Waals surface area contributed by atoms with Crippen molar-refractivity contribution in [3.8, 4) is 0 Å². The number of aromatic nitrogens is 3. The van der Waals surface area contributed by atoms with Gasteiger partial charge in [-0.05, 0) is 6.07 Å².